The maximum Gasteiger partial charge on any atom is 0.120 e. The van der Waals surface area contributed by atoms with E-state index in [0.717, 1.165) is 23.7 Å². The van der Waals surface area contributed by atoms with Crippen molar-refractivity contribution in [2.75, 3.05) is 19.0 Å². The Hall–Kier alpha value is -2.16. The minimum atomic E-state index is 0.0797. The monoisotopic (exact) mass is 299 g/mol. The lowest BCUT2D eigenvalue weighted by Gasteiger charge is -2.17. The Morgan fingerprint density at radius 3 is 2.32 bits per heavy atom. The summed E-state index contributed by atoms with van der Waals surface area (Å²) in [7, 11) is 1.67. The van der Waals surface area contributed by atoms with E-state index in [1.54, 1.807) is 7.11 Å². The predicted octanol–water partition coefficient (Wildman–Crippen LogP) is 4.70. The lowest BCUT2D eigenvalue weighted by molar-refractivity contribution is 0.234. The van der Waals surface area contributed by atoms with Gasteiger partial charge >= 0.3 is 0 Å². The molecular weight excluding hydrogens is 274 g/mol. The molecule has 0 spiro atoms. The Morgan fingerprint density at radius 2 is 1.68 bits per heavy atom. The summed E-state index contributed by atoms with van der Waals surface area (Å²) >= 11 is 0. The minimum Gasteiger partial charge on any atom is -0.497 e. The van der Waals surface area contributed by atoms with Gasteiger partial charge < -0.3 is 14.8 Å². The van der Waals surface area contributed by atoms with Gasteiger partial charge in [0.15, 0.2) is 0 Å². The topological polar surface area (TPSA) is 30.5 Å². The van der Waals surface area contributed by atoms with Crippen LogP contribution in [-0.4, -0.2) is 19.8 Å². The summed E-state index contributed by atoms with van der Waals surface area (Å²) in [5.41, 5.74) is 2.36. The second-order valence-electron chi connectivity index (χ2n) is 5.77. The fourth-order valence-electron chi connectivity index (χ4n) is 2.20. The SMILES string of the molecule is COc1cccc(NC[C@@H](C)Oc2ccc(C(C)C)cc2)c1. The minimum absolute atomic E-state index is 0.0797. The van der Waals surface area contributed by atoms with Crippen LogP contribution in [0.1, 0.15) is 32.3 Å². The van der Waals surface area contributed by atoms with Crippen molar-refractivity contribution >= 4 is 5.69 Å². The van der Waals surface area contributed by atoms with Gasteiger partial charge in [-0.2, -0.15) is 0 Å². The molecule has 3 nitrogen and oxygen atoms in total. The molecule has 2 aromatic carbocycles. The molecule has 0 bridgehead atoms. The second-order valence-corrected chi connectivity index (χ2v) is 5.77. The van der Waals surface area contributed by atoms with E-state index in [2.05, 4.69) is 38.2 Å². The van der Waals surface area contributed by atoms with Gasteiger partial charge in [-0.25, -0.2) is 0 Å². The van der Waals surface area contributed by atoms with Crippen LogP contribution in [0.4, 0.5) is 5.69 Å². The smallest absolute Gasteiger partial charge is 0.120 e. The first kappa shape index (κ1) is 16.2. The third kappa shape index (κ3) is 4.69. The Morgan fingerprint density at radius 1 is 0.955 bits per heavy atom. The van der Waals surface area contributed by atoms with Crippen molar-refractivity contribution in [2.45, 2.75) is 32.8 Å². The van der Waals surface area contributed by atoms with Crippen LogP contribution in [0.25, 0.3) is 0 Å². The van der Waals surface area contributed by atoms with Crippen LogP contribution in [0.15, 0.2) is 48.5 Å². The number of nitrogens with one attached hydrogen (secondary N) is 1. The van der Waals surface area contributed by atoms with Crippen LogP contribution in [0.2, 0.25) is 0 Å². The largest absolute Gasteiger partial charge is 0.497 e. The van der Waals surface area contributed by atoms with E-state index in [0.29, 0.717) is 5.92 Å². The van der Waals surface area contributed by atoms with Crippen LogP contribution in [0.5, 0.6) is 11.5 Å². The number of benzene rings is 2. The summed E-state index contributed by atoms with van der Waals surface area (Å²) in [5.74, 6) is 2.30. The highest BCUT2D eigenvalue weighted by molar-refractivity contribution is 5.48. The number of anilines is 1. The first-order valence-corrected chi connectivity index (χ1v) is 7.73. The Labute approximate surface area is 133 Å². The van der Waals surface area contributed by atoms with Crippen LogP contribution < -0.4 is 14.8 Å². The molecule has 0 amide bonds. The molecule has 0 saturated carbocycles. The predicted molar refractivity (Wildman–Crippen MR) is 92.1 cm³/mol. The van der Waals surface area contributed by atoms with Gasteiger partial charge in [-0.1, -0.05) is 32.0 Å². The van der Waals surface area contributed by atoms with Gasteiger partial charge in [0.2, 0.25) is 0 Å². The highest BCUT2D eigenvalue weighted by Gasteiger charge is 2.05. The van der Waals surface area contributed by atoms with Crippen molar-refractivity contribution < 1.29 is 9.47 Å². The molecule has 1 N–H and O–H groups in total. The third-order valence-corrected chi connectivity index (χ3v) is 3.55. The van der Waals surface area contributed by atoms with E-state index >= 15 is 0 Å². The highest BCUT2D eigenvalue weighted by atomic mass is 16.5. The van der Waals surface area contributed by atoms with Gasteiger partial charge in [0.05, 0.1) is 13.7 Å². The molecule has 0 aromatic heterocycles. The Bertz CT molecular complexity index is 578. The molecule has 0 fully saturated rings. The van der Waals surface area contributed by atoms with E-state index in [-0.39, 0.29) is 6.10 Å². The summed E-state index contributed by atoms with van der Waals surface area (Å²) in [6.45, 7) is 7.18. The maximum absolute atomic E-state index is 5.93. The molecule has 0 heterocycles. The van der Waals surface area contributed by atoms with E-state index in [1.807, 2.05) is 36.4 Å². The van der Waals surface area contributed by atoms with E-state index in [1.165, 1.54) is 5.56 Å². The molecule has 0 radical (unpaired) electrons. The van der Waals surface area contributed by atoms with Crippen LogP contribution in [0.3, 0.4) is 0 Å². The lowest BCUT2D eigenvalue weighted by atomic mass is 10.0. The molecule has 118 valence electrons. The average Bonchev–Trinajstić information content (AvgIpc) is 2.53. The number of hydrogen-bond donors (Lipinski definition) is 1. The molecule has 2 rings (SSSR count). The Balaban J connectivity index is 1.85. The fraction of sp³-hybridized carbons (Fsp3) is 0.368. The molecule has 0 unspecified atom stereocenters. The number of hydrogen-bond acceptors (Lipinski definition) is 3. The van der Waals surface area contributed by atoms with Crippen molar-refractivity contribution in [1.29, 1.82) is 0 Å². The van der Waals surface area contributed by atoms with Crippen molar-refractivity contribution in [2.24, 2.45) is 0 Å². The summed E-state index contributed by atoms with van der Waals surface area (Å²) in [6, 6.07) is 16.2. The quantitative estimate of drug-likeness (QED) is 0.804. The zero-order chi connectivity index (χ0) is 15.9. The maximum atomic E-state index is 5.93. The van der Waals surface area contributed by atoms with Gasteiger partial charge in [0.1, 0.15) is 17.6 Å². The van der Waals surface area contributed by atoms with Gasteiger partial charge in [-0.15, -0.1) is 0 Å². The molecule has 0 aliphatic rings. The lowest BCUT2D eigenvalue weighted by Crippen LogP contribution is -2.22. The van der Waals surface area contributed by atoms with Gasteiger partial charge in [-0.05, 0) is 42.7 Å². The first-order chi connectivity index (χ1) is 10.6. The first-order valence-electron chi connectivity index (χ1n) is 7.73. The zero-order valence-corrected chi connectivity index (χ0v) is 13.8. The second kappa shape index (κ2) is 7.74. The molecule has 0 aliphatic carbocycles. The van der Waals surface area contributed by atoms with Gasteiger partial charge in [0.25, 0.3) is 0 Å². The normalized spacial score (nSPS) is 12.0. The van der Waals surface area contributed by atoms with Crippen molar-refractivity contribution in [3.63, 3.8) is 0 Å². The van der Waals surface area contributed by atoms with Crippen molar-refractivity contribution in [3.05, 3.63) is 54.1 Å². The molecule has 0 aliphatic heterocycles. The molecule has 2 aromatic rings. The van der Waals surface area contributed by atoms with Crippen molar-refractivity contribution in [1.82, 2.24) is 0 Å². The van der Waals surface area contributed by atoms with Crippen LogP contribution >= 0.6 is 0 Å². The number of methoxy groups -OCH3 is 1. The summed E-state index contributed by atoms with van der Waals surface area (Å²) in [4.78, 5) is 0. The summed E-state index contributed by atoms with van der Waals surface area (Å²) in [5, 5.41) is 3.36. The van der Waals surface area contributed by atoms with E-state index in [9.17, 15) is 0 Å². The molecule has 0 saturated heterocycles. The van der Waals surface area contributed by atoms with Crippen LogP contribution in [-0.2, 0) is 0 Å². The molecule has 1 atom stereocenters. The third-order valence-electron chi connectivity index (χ3n) is 3.55. The van der Waals surface area contributed by atoms with Gasteiger partial charge in [-0.3, -0.25) is 0 Å². The average molecular weight is 299 g/mol. The number of rotatable bonds is 7. The van der Waals surface area contributed by atoms with E-state index in [4.69, 9.17) is 9.47 Å². The Kier molecular flexibility index (Phi) is 5.70. The molecular formula is C19H25NO2. The zero-order valence-electron chi connectivity index (χ0n) is 13.8. The summed E-state index contributed by atoms with van der Waals surface area (Å²) < 4.78 is 11.2. The summed E-state index contributed by atoms with van der Waals surface area (Å²) in [6.07, 6.45) is 0.0797. The molecule has 22 heavy (non-hydrogen) atoms. The standard InChI is InChI=1S/C19H25NO2/c1-14(2)16-8-10-18(11-9-16)22-15(3)13-20-17-6-5-7-19(12-17)21-4/h5-12,14-15,20H,13H2,1-4H3/t15-/m1/s1. The van der Waals surface area contributed by atoms with E-state index < -0.39 is 0 Å². The van der Waals surface area contributed by atoms with Crippen molar-refractivity contribution in [3.8, 4) is 11.5 Å². The van der Waals surface area contributed by atoms with Crippen LogP contribution in [0, 0.1) is 0 Å². The highest BCUT2D eigenvalue weighted by Crippen LogP contribution is 2.20. The van der Waals surface area contributed by atoms with Gasteiger partial charge in [0, 0.05) is 11.8 Å². The number of ether oxygens (including phenoxy) is 2. The fourth-order valence-corrected chi connectivity index (χ4v) is 2.20. The molecule has 3 heteroatoms.